The Hall–Kier alpha value is -2.67. The zero-order chi connectivity index (χ0) is 17.2. The Morgan fingerprint density at radius 2 is 1.92 bits per heavy atom. The fourth-order valence-corrected chi connectivity index (χ4v) is 3.50. The number of hydrogen-bond acceptors (Lipinski definition) is 6. The smallest absolute Gasteiger partial charge is 0.226 e. The Balaban J connectivity index is 1.57. The van der Waals surface area contributed by atoms with Gasteiger partial charge in [-0.15, -0.1) is 0 Å². The molecule has 1 aliphatic rings. The van der Waals surface area contributed by atoms with Crippen LogP contribution < -0.4 is 11.1 Å². The SMILES string of the molecule is Cn1ncc2c(N)nc(NCC(c3ccccc3)N3CCCC3)nc21. The summed E-state index contributed by atoms with van der Waals surface area (Å²) < 4.78 is 1.72. The van der Waals surface area contributed by atoms with Gasteiger partial charge in [0.1, 0.15) is 5.82 Å². The molecule has 0 spiro atoms. The standard InChI is InChI=1S/C18H23N7/c1-24-17-14(11-21-24)16(19)22-18(23-17)20-12-15(25-9-5-6-10-25)13-7-3-2-4-8-13/h2-4,7-8,11,15H,5-6,9-10,12H2,1H3,(H3,19,20,22,23). The molecule has 3 heterocycles. The summed E-state index contributed by atoms with van der Waals surface area (Å²) >= 11 is 0. The van der Waals surface area contributed by atoms with E-state index in [1.807, 2.05) is 7.05 Å². The summed E-state index contributed by atoms with van der Waals surface area (Å²) in [5, 5.41) is 8.37. The maximum Gasteiger partial charge on any atom is 0.226 e. The van der Waals surface area contributed by atoms with E-state index in [9.17, 15) is 0 Å². The molecule has 0 amide bonds. The Labute approximate surface area is 146 Å². The van der Waals surface area contributed by atoms with Crippen molar-refractivity contribution >= 4 is 22.8 Å². The molecule has 3 aromatic rings. The van der Waals surface area contributed by atoms with E-state index in [-0.39, 0.29) is 0 Å². The van der Waals surface area contributed by atoms with Crippen LogP contribution >= 0.6 is 0 Å². The molecular formula is C18H23N7. The predicted octanol–water partition coefficient (Wildman–Crippen LogP) is 2.19. The summed E-state index contributed by atoms with van der Waals surface area (Å²) in [4.78, 5) is 11.5. The maximum absolute atomic E-state index is 6.06. The van der Waals surface area contributed by atoms with Crippen molar-refractivity contribution in [1.29, 1.82) is 0 Å². The van der Waals surface area contributed by atoms with Crippen molar-refractivity contribution in [3.05, 3.63) is 42.1 Å². The van der Waals surface area contributed by atoms with Crippen molar-refractivity contribution in [2.24, 2.45) is 7.05 Å². The largest absolute Gasteiger partial charge is 0.383 e. The number of nitrogen functional groups attached to an aromatic ring is 1. The number of rotatable bonds is 5. The van der Waals surface area contributed by atoms with Gasteiger partial charge in [-0.2, -0.15) is 15.1 Å². The lowest BCUT2D eigenvalue weighted by atomic mass is 10.1. The van der Waals surface area contributed by atoms with Crippen molar-refractivity contribution in [1.82, 2.24) is 24.6 Å². The van der Waals surface area contributed by atoms with Crippen molar-refractivity contribution in [3.8, 4) is 0 Å². The van der Waals surface area contributed by atoms with Crippen LogP contribution in [-0.4, -0.2) is 44.3 Å². The van der Waals surface area contributed by atoms with Crippen LogP contribution in [0.4, 0.5) is 11.8 Å². The van der Waals surface area contributed by atoms with Crippen molar-refractivity contribution < 1.29 is 0 Å². The van der Waals surface area contributed by atoms with Gasteiger partial charge in [-0.1, -0.05) is 30.3 Å². The van der Waals surface area contributed by atoms with Gasteiger partial charge in [0, 0.05) is 13.6 Å². The van der Waals surface area contributed by atoms with Gasteiger partial charge in [-0.25, -0.2) is 0 Å². The first-order chi connectivity index (χ1) is 12.2. The third-order valence-electron chi connectivity index (χ3n) is 4.84. The summed E-state index contributed by atoms with van der Waals surface area (Å²) in [7, 11) is 1.86. The first-order valence-corrected chi connectivity index (χ1v) is 8.70. The molecule has 130 valence electrons. The molecule has 7 nitrogen and oxygen atoms in total. The molecule has 1 atom stereocenters. The predicted molar refractivity (Wildman–Crippen MR) is 99.2 cm³/mol. The minimum absolute atomic E-state index is 0.302. The Morgan fingerprint density at radius 3 is 2.68 bits per heavy atom. The number of nitrogens with two attached hydrogens (primary N) is 1. The van der Waals surface area contributed by atoms with Crippen LogP contribution in [0.25, 0.3) is 11.0 Å². The summed E-state index contributed by atoms with van der Waals surface area (Å²) in [6, 6.07) is 10.9. The van der Waals surface area contributed by atoms with Gasteiger partial charge in [-0.05, 0) is 31.5 Å². The lowest BCUT2D eigenvalue weighted by Crippen LogP contribution is -2.31. The van der Waals surface area contributed by atoms with Crippen LogP contribution in [-0.2, 0) is 7.05 Å². The minimum Gasteiger partial charge on any atom is -0.383 e. The zero-order valence-corrected chi connectivity index (χ0v) is 14.4. The number of anilines is 2. The molecule has 1 unspecified atom stereocenters. The minimum atomic E-state index is 0.302. The highest BCUT2D eigenvalue weighted by atomic mass is 15.3. The molecular weight excluding hydrogens is 314 g/mol. The molecule has 2 aromatic heterocycles. The van der Waals surface area contributed by atoms with Gasteiger partial charge in [0.05, 0.1) is 17.6 Å². The number of benzene rings is 1. The summed E-state index contributed by atoms with van der Waals surface area (Å²) in [5.74, 6) is 1.01. The molecule has 7 heteroatoms. The number of fused-ring (bicyclic) bond motifs is 1. The highest BCUT2D eigenvalue weighted by Crippen LogP contribution is 2.26. The molecule has 1 aliphatic heterocycles. The number of hydrogen-bond donors (Lipinski definition) is 2. The topological polar surface area (TPSA) is 84.9 Å². The van der Waals surface area contributed by atoms with Crippen LogP contribution in [0.2, 0.25) is 0 Å². The second-order valence-corrected chi connectivity index (χ2v) is 6.49. The Bertz CT molecular complexity index is 852. The molecule has 3 N–H and O–H groups in total. The van der Waals surface area contributed by atoms with E-state index < -0.39 is 0 Å². The van der Waals surface area contributed by atoms with E-state index in [1.165, 1.54) is 18.4 Å². The van der Waals surface area contributed by atoms with Crippen LogP contribution in [0.15, 0.2) is 36.5 Å². The van der Waals surface area contributed by atoms with E-state index in [1.54, 1.807) is 10.9 Å². The van der Waals surface area contributed by atoms with E-state index in [0.717, 1.165) is 30.7 Å². The highest BCUT2D eigenvalue weighted by Gasteiger charge is 2.23. The molecule has 4 rings (SSSR count). The van der Waals surface area contributed by atoms with Crippen LogP contribution in [0.3, 0.4) is 0 Å². The third kappa shape index (κ3) is 3.15. The fourth-order valence-electron chi connectivity index (χ4n) is 3.50. The summed E-state index contributed by atoms with van der Waals surface area (Å²) in [6.07, 6.45) is 4.22. The molecule has 0 saturated carbocycles. The van der Waals surface area contributed by atoms with Crippen LogP contribution in [0.1, 0.15) is 24.4 Å². The first-order valence-electron chi connectivity index (χ1n) is 8.70. The number of aromatic nitrogens is 4. The molecule has 1 fully saturated rings. The first kappa shape index (κ1) is 15.8. The Morgan fingerprint density at radius 1 is 1.16 bits per heavy atom. The molecule has 0 bridgehead atoms. The number of likely N-dealkylation sites (tertiary alicyclic amines) is 1. The monoisotopic (exact) mass is 337 g/mol. The van der Waals surface area contributed by atoms with Gasteiger partial charge < -0.3 is 11.1 Å². The third-order valence-corrected chi connectivity index (χ3v) is 4.84. The second-order valence-electron chi connectivity index (χ2n) is 6.49. The molecule has 25 heavy (non-hydrogen) atoms. The maximum atomic E-state index is 6.06. The number of nitrogens with zero attached hydrogens (tertiary/aromatic N) is 5. The molecule has 0 radical (unpaired) electrons. The second kappa shape index (κ2) is 6.68. The highest BCUT2D eigenvalue weighted by molar-refractivity contribution is 5.86. The average molecular weight is 337 g/mol. The van der Waals surface area contributed by atoms with Gasteiger partial charge in [-0.3, -0.25) is 9.58 Å². The van der Waals surface area contributed by atoms with Gasteiger partial charge >= 0.3 is 0 Å². The van der Waals surface area contributed by atoms with Gasteiger partial charge in [0.15, 0.2) is 5.65 Å². The Kier molecular flexibility index (Phi) is 4.23. The fraction of sp³-hybridized carbons (Fsp3) is 0.389. The van der Waals surface area contributed by atoms with E-state index in [4.69, 9.17) is 5.73 Å². The summed E-state index contributed by atoms with van der Waals surface area (Å²) in [6.45, 7) is 3.00. The normalized spacial score (nSPS) is 16.4. The van der Waals surface area contributed by atoms with Crippen molar-refractivity contribution in [3.63, 3.8) is 0 Å². The number of aryl methyl sites for hydroxylation is 1. The van der Waals surface area contributed by atoms with Gasteiger partial charge in [0.25, 0.3) is 0 Å². The zero-order valence-electron chi connectivity index (χ0n) is 14.4. The van der Waals surface area contributed by atoms with Crippen molar-refractivity contribution in [2.45, 2.75) is 18.9 Å². The lowest BCUT2D eigenvalue weighted by Gasteiger charge is -2.28. The van der Waals surface area contributed by atoms with Gasteiger partial charge in [0.2, 0.25) is 5.95 Å². The molecule has 0 aliphatic carbocycles. The van der Waals surface area contributed by atoms with E-state index >= 15 is 0 Å². The molecule has 1 aromatic carbocycles. The van der Waals surface area contributed by atoms with Crippen molar-refractivity contribution in [2.75, 3.05) is 30.7 Å². The lowest BCUT2D eigenvalue weighted by molar-refractivity contribution is 0.256. The van der Waals surface area contributed by atoms with E-state index in [2.05, 4.69) is 55.6 Å². The molecule has 1 saturated heterocycles. The number of nitrogens with one attached hydrogen (secondary N) is 1. The van der Waals surface area contributed by atoms with Crippen LogP contribution in [0, 0.1) is 0 Å². The summed E-state index contributed by atoms with van der Waals surface area (Å²) in [5.41, 5.74) is 8.11. The average Bonchev–Trinajstić information content (AvgIpc) is 3.27. The quantitative estimate of drug-likeness (QED) is 0.742. The van der Waals surface area contributed by atoms with Crippen LogP contribution in [0.5, 0.6) is 0 Å². The van der Waals surface area contributed by atoms with E-state index in [0.29, 0.717) is 17.8 Å².